The smallest absolute Gasteiger partial charge is 0.251 e. The van der Waals surface area contributed by atoms with Crippen molar-refractivity contribution in [1.29, 1.82) is 0 Å². The number of benzene rings is 2. The number of amides is 1. The lowest BCUT2D eigenvalue weighted by atomic mass is 10.1. The third-order valence-corrected chi connectivity index (χ3v) is 6.52. The molecule has 0 spiro atoms. The fourth-order valence-electron chi connectivity index (χ4n) is 2.98. The Bertz CT molecular complexity index is 879. The Balaban J connectivity index is 1.55. The van der Waals surface area contributed by atoms with Crippen molar-refractivity contribution in [3.05, 3.63) is 65.7 Å². The summed E-state index contributed by atoms with van der Waals surface area (Å²) >= 11 is 0. The van der Waals surface area contributed by atoms with Crippen molar-refractivity contribution in [3.63, 3.8) is 0 Å². The van der Waals surface area contributed by atoms with Crippen LogP contribution in [0.25, 0.3) is 0 Å². The molecule has 3 rings (SSSR count). The molecule has 8 heteroatoms. The lowest BCUT2D eigenvalue weighted by molar-refractivity contribution is 0.0730. The summed E-state index contributed by atoms with van der Waals surface area (Å²) in [4.78, 5) is 12.4. The van der Waals surface area contributed by atoms with E-state index in [1.165, 1.54) is 28.6 Å². The highest BCUT2D eigenvalue weighted by molar-refractivity contribution is 7.89. The number of ether oxygens (including phenoxy) is 1. The third-order valence-electron chi connectivity index (χ3n) is 4.61. The predicted octanol–water partition coefficient (Wildman–Crippen LogP) is 1.56. The first kappa shape index (κ1) is 20.5. The van der Waals surface area contributed by atoms with Gasteiger partial charge in [0.1, 0.15) is 0 Å². The molecule has 2 N–H and O–H groups in total. The topological polar surface area (TPSA) is 95.9 Å². The van der Waals surface area contributed by atoms with Gasteiger partial charge in [-0.05, 0) is 36.2 Å². The van der Waals surface area contributed by atoms with Crippen LogP contribution in [0.2, 0.25) is 0 Å². The first-order valence-electron chi connectivity index (χ1n) is 9.17. The van der Waals surface area contributed by atoms with Gasteiger partial charge in [0.15, 0.2) is 0 Å². The average molecular weight is 404 g/mol. The van der Waals surface area contributed by atoms with Crippen molar-refractivity contribution in [2.45, 2.75) is 17.4 Å². The first-order chi connectivity index (χ1) is 13.5. The Hall–Kier alpha value is -2.26. The van der Waals surface area contributed by atoms with Gasteiger partial charge in [-0.3, -0.25) is 4.79 Å². The zero-order chi connectivity index (χ0) is 20.0. The Morgan fingerprint density at radius 1 is 1.07 bits per heavy atom. The maximum Gasteiger partial charge on any atom is 0.251 e. The molecule has 1 saturated heterocycles. The van der Waals surface area contributed by atoms with E-state index >= 15 is 0 Å². The summed E-state index contributed by atoms with van der Waals surface area (Å²) in [6.07, 6.45) is -0.262. The lowest BCUT2D eigenvalue weighted by Gasteiger charge is -2.26. The van der Waals surface area contributed by atoms with Gasteiger partial charge in [-0.2, -0.15) is 4.31 Å². The molecule has 0 aliphatic carbocycles. The fraction of sp³-hybridized carbons (Fsp3) is 0.350. The zero-order valence-electron chi connectivity index (χ0n) is 15.5. The summed E-state index contributed by atoms with van der Waals surface area (Å²) in [6, 6.07) is 15.1. The number of aliphatic hydroxyl groups excluding tert-OH is 1. The normalized spacial score (nSPS) is 16.5. The number of carbonyl (C=O) groups is 1. The van der Waals surface area contributed by atoms with Gasteiger partial charge in [0, 0.05) is 25.2 Å². The Labute approximate surface area is 165 Å². The van der Waals surface area contributed by atoms with Gasteiger partial charge >= 0.3 is 0 Å². The molecule has 150 valence electrons. The molecule has 28 heavy (non-hydrogen) atoms. The molecule has 1 unspecified atom stereocenters. The van der Waals surface area contributed by atoms with Gasteiger partial charge in [-0.25, -0.2) is 8.42 Å². The van der Waals surface area contributed by atoms with E-state index in [2.05, 4.69) is 5.32 Å². The molecular weight excluding hydrogens is 380 g/mol. The van der Waals surface area contributed by atoms with Crippen LogP contribution < -0.4 is 5.32 Å². The van der Waals surface area contributed by atoms with E-state index < -0.39 is 16.1 Å². The van der Waals surface area contributed by atoms with Gasteiger partial charge < -0.3 is 15.2 Å². The van der Waals surface area contributed by atoms with E-state index in [0.717, 1.165) is 5.56 Å². The van der Waals surface area contributed by atoms with Crippen LogP contribution in [0.5, 0.6) is 0 Å². The largest absolute Gasteiger partial charge is 0.388 e. The number of morpholine rings is 1. The maximum atomic E-state index is 12.6. The summed E-state index contributed by atoms with van der Waals surface area (Å²) in [6.45, 7) is 1.73. The minimum absolute atomic E-state index is 0.158. The Morgan fingerprint density at radius 2 is 1.71 bits per heavy atom. The number of carbonyl (C=O) groups excluding carboxylic acids is 1. The summed E-state index contributed by atoms with van der Waals surface area (Å²) < 4.78 is 31.8. The summed E-state index contributed by atoms with van der Waals surface area (Å²) in [7, 11) is -3.57. The number of nitrogens with one attached hydrogen (secondary N) is 1. The molecule has 1 aliphatic heterocycles. The van der Waals surface area contributed by atoms with E-state index in [9.17, 15) is 18.3 Å². The second-order valence-electron chi connectivity index (χ2n) is 6.51. The molecule has 0 bridgehead atoms. The summed E-state index contributed by atoms with van der Waals surface area (Å²) in [5, 5.41) is 12.9. The average Bonchev–Trinajstić information content (AvgIpc) is 2.75. The molecule has 0 saturated carbocycles. The molecular formula is C20H24N2O5S. The van der Waals surface area contributed by atoms with Crippen LogP contribution in [-0.2, 0) is 14.8 Å². The number of hydrogen-bond donors (Lipinski definition) is 2. The molecule has 1 heterocycles. The zero-order valence-corrected chi connectivity index (χ0v) is 16.3. The monoisotopic (exact) mass is 404 g/mol. The highest BCUT2D eigenvalue weighted by Gasteiger charge is 2.26. The van der Waals surface area contributed by atoms with Gasteiger partial charge in [0.25, 0.3) is 5.91 Å². The van der Waals surface area contributed by atoms with Crippen molar-refractivity contribution < 1.29 is 23.1 Å². The van der Waals surface area contributed by atoms with Gasteiger partial charge in [-0.1, -0.05) is 30.3 Å². The first-order valence-corrected chi connectivity index (χ1v) is 10.6. The molecule has 2 aromatic rings. The summed E-state index contributed by atoms with van der Waals surface area (Å²) in [5.74, 6) is -0.310. The minimum atomic E-state index is -3.57. The van der Waals surface area contributed by atoms with E-state index in [4.69, 9.17) is 4.74 Å². The lowest BCUT2D eigenvalue weighted by Crippen LogP contribution is -2.40. The number of aliphatic hydroxyl groups is 1. The van der Waals surface area contributed by atoms with E-state index in [1.807, 2.05) is 30.3 Å². The molecule has 0 radical (unpaired) electrons. The second-order valence-corrected chi connectivity index (χ2v) is 8.45. The predicted molar refractivity (Wildman–Crippen MR) is 104 cm³/mol. The molecule has 1 aliphatic rings. The van der Waals surface area contributed by atoms with Crippen molar-refractivity contribution >= 4 is 15.9 Å². The van der Waals surface area contributed by atoms with Crippen molar-refractivity contribution in [2.75, 3.05) is 32.8 Å². The number of nitrogens with zero attached hydrogens (tertiary/aromatic N) is 1. The number of sulfonamides is 1. The maximum absolute atomic E-state index is 12.6. The van der Waals surface area contributed by atoms with Crippen LogP contribution in [0.4, 0.5) is 0 Å². The molecule has 0 aromatic heterocycles. The van der Waals surface area contributed by atoms with Crippen molar-refractivity contribution in [3.8, 4) is 0 Å². The van der Waals surface area contributed by atoms with E-state index in [1.54, 1.807) is 0 Å². The highest BCUT2D eigenvalue weighted by atomic mass is 32.2. The van der Waals surface area contributed by atoms with E-state index in [0.29, 0.717) is 44.8 Å². The second kappa shape index (κ2) is 9.29. The van der Waals surface area contributed by atoms with Crippen LogP contribution in [-0.4, -0.2) is 56.6 Å². The molecule has 7 nitrogen and oxygen atoms in total. The number of rotatable bonds is 7. The summed E-state index contributed by atoms with van der Waals surface area (Å²) in [5.41, 5.74) is 1.17. The van der Waals surface area contributed by atoms with Crippen LogP contribution in [0.1, 0.15) is 28.4 Å². The third kappa shape index (κ3) is 4.96. The van der Waals surface area contributed by atoms with Gasteiger partial charge in [0.05, 0.1) is 24.2 Å². The minimum Gasteiger partial charge on any atom is -0.388 e. The SMILES string of the molecule is O=C(NCCC(O)c1ccccc1)c1ccc(S(=O)(=O)N2CCOCC2)cc1. The van der Waals surface area contributed by atoms with Crippen LogP contribution in [0.15, 0.2) is 59.5 Å². The van der Waals surface area contributed by atoms with Crippen molar-refractivity contribution in [2.24, 2.45) is 0 Å². The Morgan fingerprint density at radius 3 is 2.36 bits per heavy atom. The van der Waals surface area contributed by atoms with Gasteiger partial charge in [0.2, 0.25) is 10.0 Å². The Kier molecular flexibility index (Phi) is 6.79. The van der Waals surface area contributed by atoms with Gasteiger partial charge in [-0.15, -0.1) is 0 Å². The van der Waals surface area contributed by atoms with Crippen LogP contribution in [0.3, 0.4) is 0 Å². The molecule has 1 atom stereocenters. The van der Waals surface area contributed by atoms with Crippen molar-refractivity contribution in [1.82, 2.24) is 9.62 Å². The molecule has 2 aromatic carbocycles. The molecule has 1 amide bonds. The van der Waals surface area contributed by atoms with Crippen LogP contribution in [0, 0.1) is 0 Å². The van der Waals surface area contributed by atoms with Crippen LogP contribution >= 0.6 is 0 Å². The highest BCUT2D eigenvalue weighted by Crippen LogP contribution is 2.18. The van der Waals surface area contributed by atoms with E-state index in [-0.39, 0.29) is 10.8 Å². The number of hydrogen-bond acceptors (Lipinski definition) is 5. The fourth-order valence-corrected chi connectivity index (χ4v) is 4.39. The standard InChI is InChI=1S/C20H24N2O5S/c23-19(16-4-2-1-3-5-16)10-11-21-20(24)17-6-8-18(9-7-17)28(25,26)22-12-14-27-15-13-22/h1-9,19,23H,10-15H2,(H,21,24). The molecule has 1 fully saturated rings. The quantitative estimate of drug-likeness (QED) is 0.730.